The van der Waals surface area contributed by atoms with Crippen LogP contribution in [0.3, 0.4) is 0 Å². The summed E-state index contributed by atoms with van der Waals surface area (Å²) in [5.74, 6) is 1.60. The minimum absolute atomic E-state index is 0.373. The molecule has 0 atom stereocenters. The van der Waals surface area contributed by atoms with Crippen molar-refractivity contribution in [2.45, 2.75) is 6.42 Å². The van der Waals surface area contributed by atoms with E-state index in [1.807, 2.05) is 55.6 Å². The molecule has 0 saturated carbocycles. The van der Waals surface area contributed by atoms with Crippen molar-refractivity contribution in [3.63, 3.8) is 0 Å². The standard InChI is InChI=1S/C26H23NO4/c1-27-14-13-17-15-20(29-2)25(30-3)22-18-11-7-8-12-19(18)24(23(27)21(17)22)31-26(28)16-9-5-4-6-10-16/h4-12,15H,13-14H2,1-3H3. The number of likely N-dealkylation sites (N-methyl/N-ethyl adjacent to an activating group) is 1. The molecule has 0 unspecified atom stereocenters. The lowest BCUT2D eigenvalue weighted by Crippen LogP contribution is -2.26. The molecule has 156 valence electrons. The minimum Gasteiger partial charge on any atom is -0.493 e. The molecular formula is C26H23NO4. The van der Waals surface area contributed by atoms with E-state index in [1.54, 1.807) is 26.4 Å². The van der Waals surface area contributed by atoms with Crippen LogP contribution in [0.1, 0.15) is 15.9 Å². The summed E-state index contributed by atoms with van der Waals surface area (Å²) >= 11 is 0. The third kappa shape index (κ3) is 2.96. The maximum Gasteiger partial charge on any atom is 0.343 e. The number of methoxy groups -OCH3 is 2. The first-order valence-corrected chi connectivity index (χ1v) is 10.2. The predicted octanol–water partition coefficient (Wildman–Crippen LogP) is 5.22. The Kier molecular flexibility index (Phi) is 4.66. The highest BCUT2D eigenvalue weighted by atomic mass is 16.5. The molecule has 1 heterocycles. The number of carbonyl (C=O) groups excluding carboxylic acids is 1. The van der Waals surface area contributed by atoms with E-state index in [1.165, 1.54) is 0 Å². The molecule has 0 aliphatic carbocycles. The van der Waals surface area contributed by atoms with E-state index in [-0.39, 0.29) is 5.97 Å². The summed E-state index contributed by atoms with van der Waals surface area (Å²) in [5.41, 5.74) is 2.58. The van der Waals surface area contributed by atoms with Crippen molar-refractivity contribution in [2.24, 2.45) is 0 Å². The number of hydrogen-bond acceptors (Lipinski definition) is 5. The Balaban J connectivity index is 1.87. The number of nitrogens with zero attached hydrogens (tertiary/aromatic N) is 1. The van der Waals surface area contributed by atoms with E-state index < -0.39 is 0 Å². The highest BCUT2D eigenvalue weighted by Crippen LogP contribution is 2.52. The van der Waals surface area contributed by atoms with Crippen molar-refractivity contribution >= 4 is 33.2 Å². The Morgan fingerprint density at radius 2 is 1.58 bits per heavy atom. The summed E-state index contributed by atoms with van der Waals surface area (Å²) in [7, 11) is 5.34. The molecule has 31 heavy (non-hydrogen) atoms. The molecule has 5 rings (SSSR count). The summed E-state index contributed by atoms with van der Waals surface area (Å²) in [6, 6.07) is 19.1. The third-order valence-electron chi connectivity index (χ3n) is 5.95. The molecule has 1 aliphatic heterocycles. The van der Waals surface area contributed by atoms with Crippen LogP contribution in [0.15, 0.2) is 60.7 Å². The fraction of sp³-hybridized carbons (Fsp3) is 0.192. The molecule has 0 bridgehead atoms. The summed E-state index contributed by atoms with van der Waals surface area (Å²) in [6.45, 7) is 0.811. The van der Waals surface area contributed by atoms with Crippen molar-refractivity contribution in [1.29, 1.82) is 0 Å². The number of fused-ring (bicyclic) bond motifs is 2. The summed E-state index contributed by atoms with van der Waals surface area (Å²) in [6.07, 6.45) is 0.866. The third-order valence-corrected chi connectivity index (χ3v) is 5.95. The van der Waals surface area contributed by atoms with Gasteiger partial charge in [-0.3, -0.25) is 0 Å². The molecule has 1 aliphatic rings. The first-order valence-electron chi connectivity index (χ1n) is 10.2. The summed E-state index contributed by atoms with van der Waals surface area (Å²) in [5, 5.41) is 3.85. The molecule has 5 heteroatoms. The van der Waals surface area contributed by atoms with Gasteiger partial charge < -0.3 is 19.1 Å². The molecule has 0 radical (unpaired) electrons. The Morgan fingerprint density at radius 3 is 2.29 bits per heavy atom. The normalized spacial score (nSPS) is 12.8. The van der Waals surface area contributed by atoms with Gasteiger partial charge in [0.25, 0.3) is 0 Å². The van der Waals surface area contributed by atoms with Gasteiger partial charge in [-0.05, 0) is 35.6 Å². The van der Waals surface area contributed by atoms with E-state index in [2.05, 4.69) is 4.90 Å². The predicted molar refractivity (Wildman–Crippen MR) is 123 cm³/mol. The van der Waals surface area contributed by atoms with Gasteiger partial charge in [-0.1, -0.05) is 42.5 Å². The zero-order valence-electron chi connectivity index (χ0n) is 17.8. The number of carbonyl (C=O) groups is 1. The number of benzene rings is 4. The van der Waals surface area contributed by atoms with Gasteiger partial charge in [-0.25, -0.2) is 4.79 Å². The minimum atomic E-state index is -0.373. The van der Waals surface area contributed by atoms with Crippen LogP contribution in [0.4, 0.5) is 5.69 Å². The monoisotopic (exact) mass is 413 g/mol. The zero-order valence-corrected chi connectivity index (χ0v) is 17.8. The van der Waals surface area contributed by atoms with Gasteiger partial charge in [0.05, 0.1) is 25.5 Å². The molecule has 0 N–H and O–H groups in total. The second kappa shape index (κ2) is 7.51. The lowest BCUT2D eigenvalue weighted by atomic mass is 9.90. The van der Waals surface area contributed by atoms with Gasteiger partial charge in [0.15, 0.2) is 17.2 Å². The second-order valence-electron chi connectivity index (χ2n) is 7.67. The van der Waals surface area contributed by atoms with Crippen LogP contribution in [0, 0.1) is 0 Å². The maximum absolute atomic E-state index is 13.0. The van der Waals surface area contributed by atoms with Crippen LogP contribution in [0.2, 0.25) is 0 Å². The van der Waals surface area contributed by atoms with Crippen molar-refractivity contribution in [3.05, 3.63) is 71.8 Å². The van der Waals surface area contributed by atoms with Crippen LogP contribution in [-0.4, -0.2) is 33.8 Å². The largest absolute Gasteiger partial charge is 0.493 e. The van der Waals surface area contributed by atoms with E-state index in [0.717, 1.165) is 45.8 Å². The Labute approximate surface area is 180 Å². The molecule has 0 spiro atoms. The highest BCUT2D eigenvalue weighted by Gasteiger charge is 2.29. The van der Waals surface area contributed by atoms with Crippen molar-refractivity contribution in [2.75, 3.05) is 32.7 Å². The molecule has 0 saturated heterocycles. The van der Waals surface area contributed by atoms with Gasteiger partial charge in [0.1, 0.15) is 0 Å². The van der Waals surface area contributed by atoms with Gasteiger partial charge in [-0.2, -0.15) is 0 Å². The van der Waals surface area contributed by atoms with Crippen LogP contribution in [0.5, 0.6) is 17.2 Å². The first-order chi connectivity index (χ1) is 15.1. The van der Waals surface area contributed by atoms with Crippen molar-refractivity contribution in [3.8, 4) is 17.2 Å². The smallest absolute Gasteiger partial charge is 0.343 e. The zero-order chi connectivity index (χ0) is 21.5. The summed E-state index contributed by atoms with van der Waals surface area (Å²) < 4.78 is 17.5. The molecular weight excluding hydrogens is 390 g/mol. The van der Waals surface area contributed by atoms with E-state index in [0.29, 0.717) is 22.8 Å². The van der Waals surface area contributed by atoms with Crippen LogP contribution < -0.4 is 19.1 Å². The van der Waals surface area contributed by atoms with Crippen molar-refractivity contribution in [1.82, 2.24) is 0 Å². The SMILES string of the molecule is COc1cc2c3c(c(OC(=O)c4ccccc4)c4ccccc4c3c1OC)N(C)CC2. The van der Waals surface area contributed by atoms with E-state index in [9.17, 15) is 4.79 Å². The topological polar surface area (TPSA) is 48.0 Å². The lowest BCUT2D eigenvalue weighted by molar-refractivity contribution is 0.0738. The number of anilines is 1. The van der Waals surface area contributed by atoms with E-state index in [4.69, 9.17) is 14.2 Å². The van der Waals surface area contributed by atoms with E-state index >= 15 is 0 Å². The van der Waals surface area contributed by atoms with Gasteiger partial charge in [0, 0.05) is 29.8 Å². The first kappa shape index (κ1) is 19.2. The maximum atomic E-state index is 13.0. The highest BCUT2D eigenvalue weighted by molar-refractivity contribution is 6.22. The number of rotatable bonds is 4. The fourth-order valence-corrected chi connectivity index (χ4v) is 4.51. The van der Waals surface area contributed by atoms with Gasteiger partial charge in [0.2, 0.25) is 0 Å². The summed E-state index contributed by atoms with van der Waals surface area (Å²) in [4.78, 5) is 15.2. The molecule has 4 aromatic carbocycles. The molecule has 0 aromatic heterocycles. The van der Waals surface area contributed by atoms with Crippen LogP contribution in [0.25, 0.3) is 21.5 Å². The molecule has 5 nitrogen and oxygen atoms in total. The molecule has 0 fully saturated rings. The average molecular weight is 413 g/mol. The van der Waals surface area contributed by atoms with Crippen molar-refractivity contribution < 1.29 is 19.0 Å². The average Bonchev–Trinajstić information content (AvgIpc) is 2.82. The van der Waals surface area contributed by atoms with Gasteiger partial charge >= 0.3 is 5.97 Å². The second-order valence-corrected chi connectivity index (χ2v) is 7.67. The Morgan fingerprint density at radius 1 is 0.871 bits per heavy atom. The fourth-order valence-electron chi connectivity index (χ4n) is 4.51. The molecule has 4 aromatic rings. The van der Waals surface area contributed by atoms with Crippen LogP contribution in [-0.2, 0) is 6.42 Å². The Bertz CT molecular complexity index is 1310. The molecule has 0 amide bonds. The lowest BCUT2D eigenvalue weighted by Gasteiger charge is -2.31. The number of ether oxygens (including phenoxy) is 3. The number of hydrogen-bond donors (Lipinski definition) is 0. The quantitative estimate of drug-likeness (QED) is 0.261. The van der Waals surface area contributed by atoms with Gasteiger partial charge in [-0.15, -0.1) is 0 Å². The van der Waals surface area contributed by atoms with Crippen LogP contribution >= 0.6 is 0 Å². The Hall–Kier alpha value is -3.73. The number of esters is 1.